The zero-order valence-electron chi connectivity index (χ0n) is 12.0. The quantitative estimate of drug-likeness (QED) is 0.641. The van der Waals surface area contributed by atoms with E-state index < -0.39 is 0 Å². The van der Waals surface area contributed by atoms with Crippen LogP contribution in [-0.2, 0) is 4.79 Å². The number of hydrogen-bond acceptors (Lipinski definition) is 4. The summed E-state index contributed by atoms with van der Waals surface area (Å²) in [5, 5.41) is 13.6. The average Bonchev–Trinajstić information content (AvgIpc) is 3.01. The molecule has 1 saturated heterocycles. The Balaban J connectivity index is 1.78. The van der Waals surface area contributed by atoms with E-state index in [1.807, 2.05) is 12.1 Å². The molecule has 1 heterocycles. The SMILES string of the molecule is O=C(Nc1cc(Cl)ccc1O)C1CNNC1c1ccc(Cl)cc1. The van der Waals surface area contributed by atoms with Gasteiger partial charge in [-0.2, -0.15) is 0 Å². The minimum Gasteiger partial charge on any atom is -0.506 e. The lowest BCUT2D eigenvalue weighted by Crippen LogP contribution is -2.29. The monoisotopic (exact) mass is 351 g/mol. The summed E-state index contributed by atoms with van der Waals surface area (Å²) < 4.78 is 0. The van der Waals surface area contributed by atoms with Crippen molar-refractivity contribution in [1.29, 1.82) is 0 Å². The Morgan fingerprint density at radius 3 is 2.57 bits per heavy atom. The van der Waals surface area contributed by atoms with Gasteiger partial charge in [-0.05, 0) is 35.9 Å². The van der Waals surface area contributed by atoms with Crippen LogP contribution in [0.1, 0.15) is 11.6 Å². The molecule has 0 spiro atoms. The van der Waals surface area contributed by atoms with Gasteiger partial charge in [0.25, 0.3) is 0 Å². The fourth-order valence-electron chi connectivity index (χ4n) is 2.56. The van der Waals surface area contributed by atoms with Crippen molar-refractivity contribution in [2.45, 2.75) is 6.04 Å². The van der Waals surface area contributed by atoms with Gasteiger partial charge in [0.05, 0.1) is 17.6 Å². The summed E-state index contributed by atoms with van der Waals surface area (Å²) in [6.45, 7) is 0.473. The number of phenols is 1. The maximum absolute atomic E-state index is 12.6. The largest absolute Gasteiger partial charge is 0.506 e. The Morgan fingerprint density at radius 1 is 1.13 bits per heavy atom. The molecule has 2 unspecified atom stereocenters. The fourth-order valence-corrected chi connectivity index (χ4v) is 2.86. The van der Waals surface area contributed by atoms with Crippen LogP contribution in [0.3, 0.4) is 0 Å². The van der Waals surface area contributed by atoms with Gasteiger partial charge in [-0.25, -0.2) is 5.43 Å². The average molecular weight is 352 g/mol. The van der Waals surface area contributed by atoms with Gasteiger partial charge in [0.2, 0.25) is 5.91 Å². The lowest BCUT2D eigenvalue weighted by Gasteiger charge is -2.19. The molecule has 1 aliphatic rings. The molecular weight excluding hydrogens is 337 g/mol. The van der Waals surface area contributed by atoms with Crippen LogP contribution in [0.2, 0.25) is 10.0 Å². The van der Waals surface area contributed by atoms with Crippen LogP contribution in [0.15, 0.2) is 42.5 Å². The molecule has 1 aliphatic heterocycles. The Morgan fingerprint density at radius 2 is 1.83 bits per heavy atom. The number of carbonyl (C=O) groups excluding carboxylic acids is 1. The maximum atomic E-state index is 12.6. The third-order valence-corrected chi connectivity index (χ3v) is 4.25. The lowest BCUT2D eigenvalue weighted by atomic mass is 9.94. The molecule has 3 rings (SSSR count). The van der Waals surface area contributed by atoms with Gasteiger partial charge in [-0.15, -0.1) is 0 Å². The molecule has 0 saturated carbocycles. The third kappa shape index (κ3) is 3.59. The van der Waals surface area contributed by atoms with Crippen molar-refractivity contribution < 1.29 is 9.90 Å². The number of phenolic OH excluding ortho intramolecular Hbond substituents is 1. The first kappa shape index (κ1) is 16.1. The number of hydrazine groups is 1. The van der Waals surface area contributed by atoms with Gasteiger partial charge in [0.1, 0.15) is 5.75 Å². The Labute approximate surface area is 143 Å². The molecule has 2 atom stereocenters. The second-order valence-electron chi connectivity index (χ2n) is 5.31. The Hall–Kier alpha value is -1.79. The summed E-state index contributed by atoms with van der Waals surface area (Å²) >= 11 is 11.8. The van der Waals surface area contributed by atoms with E-state index in [2.05, 4.69) is 16.2 Å². The molecule has 120 valence electrons. The lowest BCUT2D eigenvalue weighted by molar-refractivity contribution is -0.119. The number of amides is 1. The molecule has 2 aromatic carbocycles. The summed E-state index contributed by atoms with van der Waals surface area (Å²) in [4.78, 5) is 12.6. The number of halogens is 2. The summed E-state index contributed by atoms with van der Waals surface area (Å²) in [5.74, 6) is -0.570. The predicted octanol–water partition coefficient (Wildman–Crippen LogP) is 3.10. The minimum atomic E-state index is -0.338. The van der Waals surface area contributed by atoms with E-state index in [4.69, 9.17) is 23.2 Å². The van der Waals surface area contributed by atoms with Crippen molar-refractivity contribution in [3.05, 3.63) is 58.1 Å². The number of anilines is 1. The van der Waals surface area contributed by atoms with Crippen LogP contribution < -0.4 is 16.2 Å². The van der Waals surface area contributed by atoms with Crippen LogP contribution >= 0.6 is 23.2 Å². The van der Waals surface area contributed by atoms with Gasteiger partial charge in [0.15, 0.2) is 0 Å². The Kier molecular flexibility index (Phi) is 4.73. The third-order valence-electron chi connectivity index (χ3n) is 3.76. The van der Waals surface area contributed by atoms with E-state index >= 15 is 0 Å². The molecule has 5 nitrogen and oxygen atoms in total. The summed E-state index contributed by atoms with van der Waals surface area (Å²) in [5.41, 5.74) is 7.34. The number of benzene rings is 2. The van der Waals surface area contributed by atoms with Gasteiger partial charge < -0.3 is 10.4 Å². The van der Waals surface area contributed by atoms with E-state index in [0.29, 0.717) is 22.3 Å². The second kappa shape index (κ2) is 6.76. The van der Waals surface area contributed by atoms with Crippen molar-refractivity contribution >= 4 is 34.8 Å². The van der Waals surface area contributed by atoms with Crippen LogP contribution in [0, 0.1) is 5.92 Å². The highest BCUT2D eigenvalue weighted by Crippen LogP contribution is 2.30. The van der Waals surface area contributed by atoms with E-state index in [1.54, 1.807) is 18.2 Å². The molecule has 0 bridgehead atoms. The minimum absolute atomic E-state index is 0.0234. The van der Waals surface area contributed by atoms with Gasteiger partial charge in [-0.1, -0.05) is 35.3 Å². The van der Waals surface area contributed by atoms with Gasteiger partial charge in [0, 0.05) is 16.6 Å². The zero-order valence-corrected chi connectivity index (χ0v) is 13.5. The normalized spacial score (nSPS) is 20.4. The number of aromatic hydroxyl groups is 1. The molecule has 4 N–H and O–H groups in total. The number of rotatable bonds is 3. The first-order chi connectivity index (χ1) is 11.0. The van der Waals surface area contributed by atoms with Crippen LogP contribution in [0.25, 0.3) is 0 Å². The molecular formula is C16H15Cl2N3O2. The maximum Gasteiger partial charge on any atom is 0.230 e. The van der Waals surface area contributed by atoms with Crippen molar-refractivity contribution in [3.8, 4) is 5.75 Å². The first-order valence-electron chi connectivity index (χ1n) is 7.08. The standard InChI is InChI=1S/C16H15Cl2N3O2/c17-10-3-1-9(2-4-10)15-12(8-19-21-15)16(23)20-13-7-11(18)5-6-14(13)22/h1-7,12,15,19,21-22H,8H2,(H,20,23). The summed E-state index contributed by atoms with van der Waals surface area (Å²) in [6, 6.07) is 11.7. The highest BCUT2D eigenvalue weighted by atomic mass is 35.5. The van der Waals surface area contributed by atoms with Crippen molar-refractivity contribution in [1.82, 2.24) is 10.9 Å². The highest BCUT2D eigenvalue weighted by molar-refractivity contribution is 6.31. The smallest absolute Gasteiger partial charge is 0.230 e. The molecule has 23 heavy (non-hydrogen) atoms. The highest BCUT2D eigenvalue weighted by Gasteiger charge is 2.34. The summed E-state index contributed by atoms with van der Waals surface area (Å²) in [6.07, 6.45) is 0. The van der Waals surface area contributed by atoms with Gasteiger partial charge >= 0.3 is 0 Å². The molecule has 2 aromatic rings. The van der Waals surface area contributed by atoms with E-state index in [0.717, 1.165) is 5.56 Å². The Bertz CT molecular complexity index is 722. The summed E-state index contributed by atoms with van der Waals surface area (Å²) in [7, 11) is 0. The number of carbonyl (C=O) groups is 1. The molecule has 0 aromatic heterocycles. The van der Waals surface area contributed by atoms with Gasteiger partial charge in [-0.3, -0.25) is 10.2 Å². The van der Waals surface area contributed by atoms with E-state index in [-0.39, 0.29) is 23.6 Å². The molecule has 0 aliphatic carbocycles. The zero-order chi connectivity index (χ0) is 16.4. The topological polar surface area (TPSA) is 73.4 Å². The number of hydrogen-bond donors (Lipinski definition) is 4. The molecule has 7 heteroatoms. The molecule has 1 amide bonds. The van der Waals surface area contributed by atoms with E-state index in [1.165, 1.54) is 12.1 Å². The fraction of sp³-hybridized carbons (Fsp3) is 0.188. The van der Waals surface area contributed by atoms with Crippen molar-refractivity contribution in [2.24, 2.45) is 5.92 Å². The van der Waals surface area contributed by atoms with Crippen LogP contribution in [0.5, 0.6) is 5.75 Å². The molecule has 1 fully saturated rings. The first-order valence-corrected chi connectivity index (χ1v) is 7.83. The van der Waals surface area contributed by atoms with Crippen molar-refractivity contribution in [3.63, 3.8) is 0 Å². The predicted molar refractivity (Wildman–Crippen MR) is 90.6 cm³/mol. The van der Waals surface area contributed by atoms with Crippen molar-refractivity contribution in [2.75, 3.05) is 11.9 Å². The van der Waals surface area contributed by atoms with E-state index in [9.17, 15) is 9.90 Å². The van der Waals surface area contributed by atoms with Crippen LogP contribution in [-0.4, -0.2) is 17.6 Å². The second-order valence-corrected chi connectivity index (χ2v) is 6.18. The molecule has 0 radical (unpaired) electrons. The van der Waals surface area contributed by atoms with Crippen LogP contribution in [0.4, 0.5) is 5.69 Å². The number of nitrogens with one attached hydrogen (secondary N) is 3.